The second kappa shape index (κ2) is 4.89. The zero-order valence-corrected chi connectivity index (χ0v) is 12.7. The Morgan fingerprint density at radius 3 is 2.32 bits per heavy atom. The van der Waals surface area contributed by atoms with Gasteiger partial charge in [0.25, 0.3) is 0 Å². The highest BCUT2D eigenvalue weighted by Crippen LogP contribution is 2.38. The molecule has 0 radical (unpaired) electrons. The SMILES string of the molecule is Cc1cc(C)c(N2CC(C#N)CCC2(C)C)c(C)c1. The lowest BCUT2D eigenvalue weighted by atomic mass is 9.84. The Hall–Kier alpha value is -1.49. The van der Waals surface area contributed by atoms with Gasteiger partial charge in [0.15, 0.2) is 0 Å². The van der Waals surface area contributed by atoms with Crippen molar-refractivity contribution in [3.8, 4) is 6.07 Å². The van der Waals surface area contributed by atoms with Crippen LogP contribution in [0.4, 0.5) is 5.69 Å². The highest BCUT2D eigenvalue weighted by molar-refractivity contribution is 5.62. The summed E-state index contributed by atoms with van der Waals surface area (Å²) in [7, 11) is 0. The van der Waals surface area contributed by atoms with Crippen LogP contribution < -0.4 is 4.90 Å². The van der Waals surface area contributed by atoms with Gasteiger partial charge in [-0.05, 0) is 58.6 Å². The molecule has 0 bridgehead atoms. The molecule has 1 aromatic carbocycles. The molecule has 1 unspecified atom stereocenters. The van der Waals surface area contributed by atoms with E-state index >= 15 is 0 Å². The van der Waals surface area contributed by atoms with Gasteiger partial charge in [0.1, 0.15) is 0 Å². The predicted molar refractivity (Wildman–Crippen MR) is 80.4 cm³/mol. The fraction of sp³-hybridized carbons (Fsp3) is 0.588. The van der Waals surface area contributed by atoms with E-state index in [1.165, 1.54) is 22.4 Å². The average Bonchev–Trinajstić information content (AvgIpc) is 2.30. The minimum atomic E-state index is 0.137. The molecule has 0 aliphatic carbocycles. The number of anilines is 1. The van der Waals surface area contributed by atoms with Gasteiger partial charge in [-0.1, -0.05) is 17.7 Å². The van der Waals surface area contributed by atoms with Crippen LogP contribution in [0.3, 0.4) is 0 Å². The van der Waals surface area contributed by atoms with Crippen LogP contribution >= 0.6 is 0 Å². The van der Waals surface area contributed by atoms with Crippen molar-refractivity contribution >= 4 is 5.69 Å². The van der Waals surface area contributed by atoms with Crippen LogP contribution in [0.5, 0.6) is 0 Å². The largest absolute Gasteiger partial charge is 0.365 e. The number of nitriles is 1. The molecule has 1 aliphatic rings. The van der Waals surface area contributed by atoms with Crippen molar-refractivity contribution in [3.63, 3.8) is 0 Å². The molecule has 0 aromatic heterocycles. The fourth-order valence-electron chi connectivity index (χ4n) is 3.32. The first kappa shape index (κ1) is 13.9. The lowest BCUT2D eigenvalue weighted by molar-refractivity contribution is 0.325. The summed E-state index contributed by atoms with van der Waals surface area (Å²) in [4.78, 5) is 2.45. The van der Waals surface area contributed by atoms with Gasteiger partial charge in [-0.15, -0.1) is 0 Å². The Morgan fingerprint density at radius 2 is 1.79 bits per heavy atom. The molecule has 19 heavy (non-hydrogen) atoms. The van der Waals surface area contributed by atoms with Gasteiger partial charge in [-0.25, -0.2) is 0 Å². The topological polar surface area (TPSA) is 27.0 Å². The highest BCUT2D eigenvalue weighted by Gasteiger charge is 2.35. The van der Waals surface area contributed by atoms with Crippen LogP contribution in [0.1, 0.15) is 43.4 Å². The van der Waals surface area contributed by atoms with Gasteiger partial charge in [-0.3, -0.25) is 0 Å². The van der Waals surface area contributed by atoms with Crippen LogP contribution in [-0.2, 0) is 0 Å². The van der Waals surface area contributed by atoms with Gasteiger partial charge in [0.2, 0.25) is 0 Å². The quantitative estimate of drug-likeness (QED) is 0.755. The number of piperidine rings is 1. The van der Waals surface area contributed by atoms with E-state index in [4.69, 9.17) is 0 Å². The normalized spacial score (nSPS) is 22.1. The maximum Gasteiger partial charge on any atom is 0.0674 e. The Morgan fingerprint density at radius 1 is 1.21 bits per heavy atom. The summed E-state index contributed by atoms with van der Waals surface area (Å²) in [5.41, 5.74) is 5.42. The maximum absolute atomic E-state index is 9.23. The van der Waals surface area contributed by atoms with E-state index in [0.29, 0.717) is 0 Å². The Labute approximate surface area is 117 Å². The second-order valence-corrected chi connectivity index (χ2v) is 6.54. The fourth-order valence-corrected chi connectivity index (χ4v) is 3.32. The molecular formula is C17H24N2. The molecule has 0 spiro atoms. The summed E-state index contributed by atoms with van der Waals surface area (Å²) >= 11 is 0. The Bertz CT molecular complexity index is 500. The molecule has 1 heterocycles. The van der Waals surface area contributed by atoms with E-state index in [1.807, 2.05) is 0 Å². The Kier molecular flexibility index (Phi) is 3.58. The molecule has 1 aliphatic heterocycles. The first-order valence-corrected chi connectivity index (χ1v) is 7.10. The highest BCUT2D eigenvalue weighted by atomic mass is 15.2. The van der Waals surface area contributed by atoms with Gasteiger partial charge >= 0.3 is 0 Å². The van der Waals surface area contributed by atoms with E-state index in [2.05, 4.69) is 57.7 Å². The van der Waals surface area contributed by atoms with Gasteiger partial charge in [-0.2, -0.15) is 5.26 Å². The lowest BCUT2D eigenvalue weighted by Gasteiger charge is -2.47. The van der Waals surface area contributed by atoms with Crippen LogP contribution in [0, 0.1) is 38.0 Å². The number of nitrogens with zero attached hydrogens (tertiary/aromatic N) is 2. The standard InChI is InChI=1S/C17H24N2/c1-12-8-13(2)16(14(3)9-12)19-11-15(10-18)6-7-17(19,4)5/h8-9,15H,6-7,11H2,1-5H3. The van der Waals surface area contributed by atoms with Crippen molar-refractivity contribution in [2.45, 2.75) is 53.0 Å². The molecule has 1 fully saturated rings. The zero-order chi connectivity index (χ0) is 14.2. The average molecular weight is 256 g/mol. The lowest BCUT2D eigenvalue weighted by Crippen LogP contribution is -2.51. The zero-order valence-electron chi connectivity index (χ0n) is 12.7. The summed E-state index contributed by atoms with van der Waals surface area (Å²) in [6, 6.07) is 6.94. The predicted octanol–water partition coefficient (Wildman–Crippen LogP) is 4.13. The van der Waals surface area contributed by atoms with Crippen molar-refractivity contribution in [2.75, 3.05) is 11.4 Å². The summed E-state index contributed by atoms with van der Waals surface area (Å²) in [5.74, 6) is 0.160. The van der Waals surface area contributed by atoms with E-state index in [0.717, 1.165) is 19.4 Å². The first-order chi connectivity index (χ1) is 8.85. The molecule has 1 atom stereocenters. The van der Waals surface area contributed by atoms with E-state index in [1.54, 1.807) is 0 Å². The number of aryl methyl sites for hydroxylation is 3. The van der Waals surface area contributed by atoms with Gasteiger partial charge < -0.3 is 4.90 Å². The number of benzene rings is 1. The maximum atomic E-state index is 9.23. The third kappa shape index (κ3) is 2.61. The molecule has 102 valence electrons. The molecule has 2 heteroatoms. The molecule has 1 saturated heterocycles. The van der Waals surface area contributed by atoms with Crippen LogP contribution in [0.25, 0.3) is 0 Å². The molecule has 0 saturated carbocycles. The third-order valence-electron chi connectivity index (χ3n) is 4.33. The van der Waals surface area contributed by atoms with Crippen molar-refractivity contribution < 1.29 is 0 Å². The van der Waals surface area contributed by atoms with Crippen molar-refractivity contribution in [1.82, 2.24) is 0 Å². The second-order valence-electron chi connectivity index (χ2n) is 6.54. The van der Waals surface area contributed by atoms with E-state index < -0.39 is 0 Å². The summed E-state index contributed by atoms with van der Waals surface area (Å²) in [6.07, 6.45) is 2.10. The molecule has 0 amide bonds. The summed E-state index contributed by atoms with van der Waals surface area (Å²) < 4.78 is 0. The Balaban J connectivity index is 2.46. The number of rotatable bonds is 1. The van der Waals surface area contributed by atoms with Crippen LogP contribution in [-0.4, -0.2) is 12.1 Å². The van der Waals surface area contributed by atoms with Gasteiger partial charge in [0, 0.05) is 17.8 Å². The van der Waals surface area contributed by atoms with E-state index in [-0.39, 0.29) is 11.5 Å². The smallest absolute Gasteiger partial charge is 0.0674 e. The number of hydrogen-bond donors (Lipinski definition) is 0. The van der Waals surface area contributed by atoms with E-state index in [9.17, 15) is 5.26 Å². The van der Waals surface area contributed by atoms with Crippen LogP contribution in [0.15, 0.2) is 12.1 Å². The molecule has 1 aromatic rings. The molecule has 0 N–H and O–H groups in total. The van der Waals surface area contributed by atoms with Crippen molar-refractivity contribution in [2.24, 2.45) is 5.92 Å². The van der Waals surface area contributed by atoms with Crippen molar-refractivity contribution in [1.29, 1.82) is 5.26 Å². The first-order valence-electron chi connectivity index (χ1n) is 7.10. The van der Waals surface area contributed by atoms with Crippen molar-refractivity contribution in [3.05, 3.63) is 28.8 Å². The summed E-state index contributed by atoms with van der Waals surface area (Å²) in [6.45, 7) is 11.9. The minimum Gasteiger partial charge on any atom is -0.365 e. The molecule has 2 rings (SSSR count). The number of hydrogen-bond acceptors (Lipinski definition) is 2. The monoisotopic (exact) mass is 256 g/mol. The van der Waals surface area contributed by atoms with Crippen LogP contribution in [0.2, 0.25) is 0 Å². The minimum absolute atomic E-state index is 0.137. The molecular weight excluding hydrogens is 232 g/mol. The third-order valence-corrected chi connectivity index (χ3v) is 4.33. The summed E-state index contributed by atoms with van der Waals surface area (Å²) in [5, 5.41) is 9.23. The van der Waals surface area contributed by atoms with Gasteiger partial charge in [0.05, 0.1) is 12.0 Å². The molecule has 2 nitrogen and oxygen atoms in total.